The number of amides is 1. The van der Waals surface area contributed by atoms with E-state index in [2.05, 4.69) is 4.74 Å². The van der Waals surface area contributed by atoms with E-state index in [0.717, 1.165) is 5.56 Å². The van der Waals surface area contributed by atoms with Gasteiger partial charge in [-0.05, 0) is 24.1 Å². The molecule has 0 saturated carbocycles. The maximum atomic E-state index is 10.4. The Morgan fingerprint density at radius 1 is 1.27 bits per heavy atom. The van der Waals surface area contributed by atoms with Crippen LogP contribution in [0, 0.1) is 0 Å². The van der Waals surface area contributed by atoms with Gasteiger partial charge in [-0.15, -0.1) is 0 Å². The van der Waals surface area contributed by atoms with Crippen molar-refractivity contribution in [3.63, 3.8) is 0 Å². The Bertz CT molecular complexity index is 358. The largest absolute Gasteiger partial charge is 0.481 e. The van der Waals surface area contributed by atoms with Gasteiger partial charge in [0.1, 0.15) is 5.75 Å². The number of hydrogen-bond donors (Lipinski definition) is 2. The number of benzene rings is 1. The molecule has 0 aliphatic rings. The first-order valence-corrected chi connectivity index (χ1v) is 4.36. The molecule has 0 saturated heterocycles. The maximum Gasteiger partial charge on any atom is 0.409 e. The highest BCUT2D eigenvalue weighted by Gasteiger charge is 2.01. The van der Waals surface area contributed by atoms with E-state index in [9.17, 15) is 9.59 Å². The van der Waals surface area contributed by atoms with Gasteiger partial charge in [0, 0.05) is 6.42 Å². The number of carbonyl (C=O) groups excluding carboxylic acids is 1. The fourth-order valence-corrected chi connectivity index (χ4v) is 1.09. The minimum absolute atomic E-state index is 0.0794. The number of nitrogens with two attached hydrogens (primary N) is 1. The number of aliphatic carboxylic acids is 1. The lowest BCUT2D eigenvalue weighted by Crippen LogP contribution is -2.16. The molecule has 5 nitrogen and oxygen atoms in total. The number of hydrogen-bond acceptors (Lipinski definition) is 3. The lowest BCUT2D eigenvalue weighted by atomic mass is 10.1. The molecule has 0 bridgehead atoms. The fourth-order valence-electron chi connectivity index (χ4n) is 1.09. The summed E-state index contributed by atoms with van der Waals surface area (Å²) < 4.78 is 4.62. The third-order valence-corrected chi connectivity index (χ3v) is 1.77. The maximum absolute atomic E-state index is 10.4. The molecule has 3 N–H and O–H groups in total. The standard InChI is InChI=1S/C10H11NO4/c11-10(14)15-8-4-1-7(2-5-8)3-6-9(12)13/h1-2,4-5H,3,6H2,(H2,11,14)(H,12,13). The zero-order valence-electron chi connectivity index (χ0n) is 7.97. The Morgan fingerprint density at radius 2 is 1.87 bits per heavy atom. The zero-order valence-corrected chi connectivity index (χ0v) is 7.97. The third kappa shape index (κ3) is 4.12. The lowest BCUT2D eigenvalue weighted by Gasteiger charge is -2.02. The molecular weight excluding hydrogens is 198 g/mol. The van der Waals surface area contributed by atoms with Crippen molar-refractivity contribution in [2.24, 2.45) is 5.73 Å². The summed E-state index contributed by atoms with van der Waals surface area (Å²) in [6.45, 7) is 0. The van der Waals surface area contributed by atoms with Crippen LogP contribution in [-0.4, -0.2) is 17.2 Å². The van der Waals surface area contributed by atoms with Gasteiger partial charge >= 0.3 is 12.1 Å². The first-order valence-electron chi connectivity index (χ1n) is 4.36. The average molecular weight is 209 g/mol. The van der Waals surface area contributed by atoms with E-state index in [1.165, 1.54) is 0 Å². The molecule has 0 atom stereocenters. The lowest BCUT2D eigenvalue weighted by molar-refractivity contribution is -0.136. The summed E-state index contributed by atoms with van der Waals surface area (Å²) in [5, 5.41) is 8.46. The van der Waals surface area contributed by atoms with Crippen LogP contribution in [0.3, 0.4) is 0 Å². The Hall–Kier alpha value is -2.04. The molecule has 0 fully saturated rings. The molecule has 0 radical (unpaired) electrons. The van der Waals surface area contributed by atoms with Gasteiger partial charge in [0.25, 0.3) is 0 Å². The number of aryl methyl sites for hydroxylation is 1. The van der Waals surface area contributed by atoms with E-state index >= 15 is 0 Å². The molecule has 0 spiro atoms. The molecule has 0 heterocycles. The number of primary amides is 1. The second-order valence-electron chi connectivity index (χ2n) is 2.96. The molecular formula is C10H11NO4. The molecule has 1 aromatic carbocycles. The number of carboxylic acids is 1. The quantitative estimate of drug-likeness (QED) is 0.778. The van der Waals surface area contributed by atoms with Crippen molar-refractivity contribution >= 4 is 12.1 Å². The summed E-state index contributed by atoms with van der Waals surface area (Å²) in [5.74, 6) is -0.492. The summed E-state index contributed by atoms with van der Waals surface area (Å²) in [7, 11) is 0. The molecule has 0 aliphatic carbocycles. The molecule has 1 amide bonds. The molecule has 0 unspecified atom stereocenters. The monoisotopic (exact) mass is 209 g/mol. The van der Waals surface area contributed by atoms with Gasteiger partial charge in [0.05, 0.1) is 0 Å². The SMILES string of the molecule is NC(=O)Oc1ccc(CCC(=O)O)cc1. The van der Waals surface area contributed by atoms with Gasteiger partial charge in [-0.3, -0.25) is 4.79 Å². The van der Waals surface area contributed by atoms with Crippen LogP contribution in [0.5, 0.6) is 5.75 Å². The van der Waals surface area contributed by atoms with E-state index < -0.39 is 12.1 Å². The molecule has 1 rings (SSSR count). The van der Waals surface area contributed by atoms with Crippen molar-refractivity contribution in [1.82, 2.24) is 0 Å². The highest BCUT2D eigenvalue weighted by atomic mass is 16.5. The average Bonchev–Trinajstić information content (AvgIpc) is 2.16. The van der Waals surface area contributed by atoms with Gasteiger partial charge in [0.2, 0.25) is 0 Å². The van der Waals surface area contributed by atoms with Crippen LogP contribution in [0.15, 0.2) is 24.3 Å². The predicted octanol–water partition coefficient (Wildman–Crippen LogP) is 1.16. The highest BCUT2D eigenvalue weighted by Crippen LogP contribution is 2.13. The van der Waals surface area contributed by atoms with Crippen LogP contribution in [0.25, 0.3) is 0 Å². The van der Waals surface area contributed by atoms with Crippen molar-refractivity contribution in [3.05, 3.63) is 29.8 Å². The zero-order chi connectivity index (χ0) is 11.3. The van der Waals surface area contributed by atoms with E-state index in [-0.39, 0.29) is 6.42 Å². The summed E-state index contributed by atoms with van der Waals surface area (Å²) in [4.78, 5) is 20.7. The smallest absolute Gasteiger partial charge is 0.409 e. The molecule has 0 aromatic heterocycles. The molecule has 5 heteroatoms. The molecule has 15 heavy (non-hydrogen) atoms. The minimum atomic E-state index is -0.867. The van der Waals surface area contributed by atoms with Gasteiger partial charge in [-0.2, -0.15) is 0 Å². The van der Waals surface area contributed by atoms with Crippen LogP contribution in [0.1, 0.15) is 12.0 Å². The number of carbonyl (C=O) groups is 2. The van der Waals surface area contributed by atoms with Crippen molar-refractivity contribution in [2.75, 3.05) is 0 Å². The van der Waals surface area contributed by atoms with E-state index in [1.54, 1.807) is 24.3 Å². The number of carboxylic acid groups (broad SMARTS) is 1. The van der Waals surface area contributed by atoms with Gasteiger partial charge < -0.3 is 15.6 Å². The van der Waals surface area contributed by atoms with Crippen LogP contribution in [-0.2, 0) is 11.2 Å². The Balaban J connectivity index is 2.56. The second-order valence-corrected chi connectivity index (χ2v) is 2.96. The van der Waals surface area contributed by atoms with Gasteiger partial charge in [-0.1, -0.05) is 12.1 Å². The van der Waals surface area contributed by atoms with E-state index in [1.807, 2.05) is 0 Å². The second kappa shape index (κ2) is 4.99. The van der Waals surface area contributed by atoms with Gasteiger partial charge in [-0.25, -0.2) is 4.79 Å². The summed E-state index contributed by atoms with van der Waals surface area (Å²) >= 11 is 0. The Kier molecular flexibility index (Phi) is 3.68. The fraction of sp³-hybridized carbons (Fsp3) is 0.200. The minimum Gasteiger partial charge on any atom is -0.481 e. The van der Waals surface area contributed by atoms with E-state index in [4.69, 9.17) is 10.8 Å². The Labute approximate surface area is 86.5 Å². The third-order valence-electron chi connectivity index (χ3n) is 1.77. The van der Waals surface area contributed by atoms with Crippen molar-refractivity contribution < 1.29 is 19.4 Å². The summed E-state index contributed by atoms with van der Waals surface area (Å²) in [6, 6.07) is 6.53. The molecule has 80 valence electrons. The normalized spacial score (nSPS) is 9.60. The first kappa shape index (κ1) is 11.0. The summed E-state index contributed by atoms with van der Waals surface area (Å²) in [5.41, 5.74) is 5.69. The molecule has 1 aromatic rings. The van der Waals surface area contributed by atoms with Crippen LogP contribution in [0.4, 0.5) is 4.79 Å². The highest BCUT2D eigenvalue weighted by molar-refractivity contribution is 5.68. The summed E-state index contributed by atoms with van der Waals surface area (Å²) in [6.07, 6.45) is -0.337. The number of rotatable bonds is 4. The van der Waals surface area contributed by atoms with E-state index in [0.29, 0.717) is 12.2 Å². The van der Waals surface area contributed by atoms with Crippen LogP contribution in [0.2, 0.25) is 0 Å². The Morgan fingerprint density at radius 3 is 2.33 bits per heavy atom. The predicted molar refractivity (Wildman–Crippen MR) is 52.6 cm³/mol. The first-order chi connectivity index (χ1) is 7.08. The van der Waals surface area contributed by atoms with Crippen molar-refractivity contribution in [1.29, 1.82) is 0 Å². The molecule has 0 aliphatic heterocycles. The van der Waals surface area contributed by atoms with Crippen LogP contribution < -0.4 is 10.5 Å². The number of ether oxygens (including phenoxy) is 1. The van der Waals surface area contributed by atoms with Crippen molar-refractivity contribution in [3.8, 4) is 5.75 Å². The van der Waals surface area contributed by atoms with Crippen LogP contribution >= 0.6 is 0 Å². The van der Waals surface area contributed by atoms with Crippen molar-refractivity contribution in [2.45, 2.75) is 12.8 Å². The topological polar surface area (TPSA) is 89.6 Å². The van der Waals surface area contributed by atoms with Gasteiger partial charge in [0.15, 0.2) is 0 Å².